The first-order valence-electron chi connectivity index (χ1n) is 8.88. The first-order chi connectivity index (χ1) is 12.6. The molecule has 6 nitrogen and oxygen atoms in total. The van der Waals surface area contributed by atoms with E-state index >= 15 is 0 Å². The van der Waals surface area contributed by atoms with E-state index in [1.807, 2.05) is 18.2 Å². The maximum atomic E-state index is 10.8. The van der Waals surface area contributed by atoms with Crippen LogP contribution in [0, 0.1) is 0 Å². The van der Waals surface area contributed by atoms with E-state index in [0.29, 0.717) is 12.4 Å². The van der Waals surface area contributed by atoms with Gasteiger partial charge in [0.15, 0.2) is 0 Å². The Morgan fingerprint density at radius 1 is 1.12 bits per heavy atom. The number of hydrogen-bond acceptors (Lipinski definition) is 6. The summed E-state index contributed by atoms with van der Waals surface area (Å²) in [5.74, 6) is 1.79. The largest absolute Gasteiger partial charge is 0.391 e. The van der Waals surface area contributed by atoms with Gasteiger partial charge in [-0.1, -0.05) is 42.5 Å². The molecule has 6 heteroatoms. The Morgan fingerprint density at radius 3 is 2.69 bits per heavy atom. The highest BCUT2D eigenvalue weighted by atomic mass is 16.3. The quantitative estimate of drug-likeness (QED) is 0.674. The van der Waals surface area contributed by atoms with Crippen LogP contribution in [0.25, 0.3) is 10.8 Å². The summed E-state index contributed by atoms with van der Waals surface area (Å²) in [4.78, 5) is 10.5. The van der Waals surface area contributed by atoms with Gasteiger partial charge in [-0.3, -0.25) is 0 Å². The molecule has 2 atom stereocenters. The number of fused-ring (bicyclic) bond motifs is 1. The maximum Gasteiger partial charge on any atom is 0.223 e. The van der Waals surface area contributed by atoms with Gasteiger partial charge in [0.25, 0.3) is 0 Å². The van der Waals surface area contributed by atoms with Crippen molar-refractivity contribution in [3.05, 3.63) is 54.1 Å². The minimum Gasteiger partial charge on any atom is -0.391 e. The third-order valence-electron chi connectivity index (χ3n) is 5.09. The zero-order valence-corrected chi connectivity index (χ0v) is 14.8. The lowest BCUT2D eigenvalue weighted by Crippen LogP contribution is -2.43. The van der Waals surface area contributed by atoms with Crippen LogP contribution < -0.4 is 16.0 Å². The Labute approximate surface area is 152 Å². The molecule has 1 aromatic heterocycles. The number of benzene rings is 2. The van der Waals surface area contributed by atoms with Gasteiger partial charge in [-0.2, -0.15) is 9.97 Å². The number of nitrogen functional groups attached to an aromatic ring is 1. The molecule has 134 valence electrons. The van der Waals surface area contributed by atoms with E-state index in [9.17, 15) is 5.11 Å². The molecule has 0 unspecified atom stereocenters. The molecule has 3 aromatic rings. The smallest absolute Gasteiger partial charge is 0.223 e. The molecule has 2 aromatic carbocycles. The summed E-state index contributed by atoms with van der Waals surface area (Å²) in [6.45, 7) is 1.34. The van der Waals surface area contributed by atoms with Gasteiger partial charge in [-0.15, -0.1) is 0 Å². The fourth-order valence-corrected chi connectivity index (χ4v) is 3.71. The summed E-state index contributed by atoms with van der Waals surface area (Å²) in [7, 11) is 1.80. The van der Waals surface area contributed by atoms with Crippen molar-refractivity contribution >= 4 is 28.4 Å². The number of β-amino-alcohol motifs (C(OH)–C–C–N with tert-alkyl or cyclic N) is 1. The van der Waals surface area contributed by atoms with Gasteiger partial charge in [-0.25, -0.2) is 0 Å². The summed E-state index contributed by atoms with van der Waals surface area (Å²) in [6.07, 6.45) is 0.400. The second-order valence-corrected chi connectivity index (χ2v) is 6.73. The van der Waals surface area contributed by atoms with Crippen molar-refractivity contribution in [3.63, 3.8) is 0 Å². The fraction of sp³-hybridized carbons (Fsp3) is 0.300. The average Bonchev–Trinajstić information content (AvgIpc) is 2.67. The number of aromatic nitrogens is 2. The molecular formula is C20H23N5O. The van der Waals surface area contributed by atoms with Crippen LogP contribution in [0.4, 0.5) is 17.6 Å². The molecule has 1 aliphatic rings. The summed E-state index contributed by atoms with van der Waals surface area (Å²) in [6, 6.07) is 16.6. The SMILES string of the molecule is CNc1cc(N2CC[C@@H](c3ccc4ccccc4c3)[C@H](O)C2)nc(N)n1. The van der Waals surface area contributed by atoms with E-state index < -0.39 is 6.10 Å². The third kappa shape index (κ3) is 3.15. The number of nitrogens with one attached hydrogen (secondary N) is 1. The Balaban J connectivity index is 1.55. The first-order valence-corrected chi connectivity index (χ1v) is 8.88. The van der Waals surface area contributed by atoms with Crippen molar-refractivity contribution in [2.45, 2.75) is 18.4 Å². The number of aliphatic hydroxyl groups is 1. The molecule has 4 rings (SSSR count). The summed E-state index contributed by atoms with van der Waals surface area (Å²) >= 11 is 0. The van der Waals surface area contributed by atoms with Gasteiger partial charge < -0.3 is 21.1 Å². The minimum atomic E-state index is -0.459. The Morgan fingerprint density at radius 2 is 1.92 bits per heavy atom. The normalized spacial score (nSPS) is 20.3. The zero-order valence-electron chi connectivity index (χ0n) is 14.8. The number of piperidine rings is 1. The van der Waals surface area contributed by atoms with E-state index in [1.165, 1.54) is 16.3 Å². The molecular weight excluding hydrogens is 326 g/mol. The topological polar surface area (TPSA) is 87.3 Å². The molecule has 2 heterocycles. The van der Waals surface area contributed by atoms with Gasteiger partial charge in [0.2, 0.25) is 5.95 Å². The molecule has 26 heavy (non-hydrogen) atoms. The first kappa shape index (κ1) is 16.6. The van der Waals surface area contributed by atoms with Crippen LogP contribution in [0.15, 0.2) is 48.5 Å². The van der Waals surface area contributed by atoms with Crippen LogP contribution in [0.3, 0.4) is 0 Å². The van der Waals surface area contributed by atoms with Crippen molar-refractivity contribution in [1.82, 2.24) is 9.97 Å². The highest BCUT2D eigenvalue weighted by Gasteiger charge is 2.30. The van der Waals surface area contributed by atoms with Gasteiger partial charge in [0.1, 0.15) is 11.6 Å². The number of nitrogens with zero attached hydrogens (tertiary/aromatic N) is 3. The number of anilines is 3. The molecule has 0 saturated carbocycles. The maximum absolute atomic E-state index is 10.8. The van der Waals surface area contributed by atoms with E-state index in [4.69, 9.17) is 5.73 Å². The van der Waals surface area contributed by atoms with E-state index in [1.54, 1.807) is 7.05 Å². The van der Waals surface area contributed by atoms with Crippen LogP contribution in [0.2, 0.25) is 0 Å². The third-order valence-corrected chi connectivity index (χ3v) is 5.09. The van der Waals surface area contributed by atoms with Crippen molar-refractivity contribution in [1.29, 1.82) is 0 Å². The van der Waals surface area contributed by atoms with Crippen LogP contribution in [-0.4, -0.2) is 41.3 Å². The average molecular weight is 349 g/mol. The zero-order chi connectivity index (χ0) is 18.1. The van der Waals surface area contributed by atoms with E-state index in [2.05, 4.69) is 50.5 Å². The molecule has 0 bridgehead atoms. The Hall–Kier alpha value is -2.86. The predicted molar refractivity (Wildman–Crippen MR) is 106 cm³/mol. The molecule has 0 amide bonds. The molecule has 0 aliphatic carbocycles. The number of nitrogens with two attached hydrogens (primary N) is 1. The van der Waals surface area contributed by atoms with Crippen LogP contribution in [0.1, 0.15) is 17.9 Å². The lowest BCUT2D eigenvalue weighted by molar-refractivity contribution is 0.129. The molecule has 1 saturated heterocycles. The lowest BCUT2D eigenvalue weighted by atomic mass is 9.86. The number of hydrogen-bond donors (Lipinski definition) is 3. The number of aliphatic hydroxyl groups excluding tert-OH is 1. The minimum absolute atomic E-state index is 0.124. The van der Waals surface area contributed by atoms with Gasteiger partial charge >= 0.3 is 0 Å². The highest BCUT2D eigenvalue weighted by molar-refractivity contribution is 5.83. The highest BCUT2D eigenvalue weighted by Crippen LogP contribution is 2.32. The van der Waals surface area contributed by atoms with Gasteiger partial charge in [0.05, 0.1) is 6.10 Å². The Kier molecular flexibility index (Phi) is 4.34. The molecule has 1 fully saturated rings. The molecule has 0 spiro atoms. The monoisotopic (exact) mass is 349 g/mol. The predicted octanol–water partition coefficient (Wildman–Crippen LogP) is 2.61. The van der Waals surface area contributed by atoms with Crippen molar-refractivity contribution < 1.29 is 5.11 Å². The number of rotatable bonds is 3. The van der Waals surface area contributed by atoms with Crippen LogP contribution in [0.5, 0.6) is 0 Å². The van der Waals surface area contributed by atoms with E-state index in [0.717, 1.165) is 18.8 Å². The summed E-state index contributed by atoms with van der Waals surface area (Å²) in [5.41, 5.74) is 6.98. The second-order valence-electron chi connectivity index (χ2n) is 6.73. The van der Waals surface area contributed by atoms with Crippen LogP contribution in [-0.2, 0) is 0 Å². The van der Waals surface area contributed by atoms with Crippen molar-refractivity contribution in [2.24, 2.45) is 0 Å². The molecule has 4 N–H and O–H groups in total. The Bertz CT molecular complexity index is 929. The van der Waals surface area contributed by atoms with Crippen LogP contribution >= 0.6 is 0 Å². The van der Waals surface area contributed by atoms with Gasteiger partial charge in [-0.05, 0) is 22.8 Å². The standard InChI is InChI=1S/C20H23N5O/c1-22-18-11-19(24-20(21)23-18)25-9-8-16(17(26)12-25)15-7-6-13-4-2-3-5-14(13)10-15/h2-7,10-11,16-17,26H,8-9,12H2,1H3,(H3,21,22,23,24)/t16-,17+/m0/s1. The summed E-state index contributed by atoms with van der Waals surface area (Å²) in [5, 5.41) is 16.2. The second kappa shape index (κ2) is 6.80. The molecule has 1 aliphatic heterocycles. The lowest BCUT2D eigenvalue weighted by Gasteiger charge is -2.37. The summed E-state index contributed by atoms with van der Waals surface area (Å²) < 4.78 is 0. The van der Waals surface area contributed by atoms with Crippen molar-refractivity contribution in [2.75, 3.05) is 36.1 Å². The van der Waals surface area contributed by atoms with Gasteiger partial charge in [0, 0.05) is 32.1 Å². The van der Waals surface area contributed by atoms with E-state index in [-0.39, 0.29) is 11.9 Å². The van der Waals surface area contributed by atoms with Crippen molar-refractivity contribution in [3.8, 4) is 0 Å². The fourth-order valence-electron chi connectivity index (χ4n) is 3.71. The molecule has 0 radical (unpaired) electrons.